The summed E-state index contributed by atoms with van der Waals surface area (Å²) in [4.78, 5) is 22.8. The molecule has 0 fully saturated rings. The topological polar surface area (TPSA) is 64.2 Å². The molecule has 0 amide bonds. The number of imidazole rings is 1. The van der Waals surface area contributed by atoms with Crippen LogP contribution in [0, 0.1) is 5.82 Å². The smallest absolute Gasteiger partial charge is 0.329 e. The predicted molar refractivity (Wildman–Crippen MR) is 59.5 cm³/mol. The molecule has 1 aromatic heterocycles. The summed E-state index contributed by atoms with van der Waals surface area (Å²) in [6, 6.07) is 2.83. The first kappa shape index (κ1) is 11.4. The molecule has 6 heteroatoms. The molecule has 90 valence electrons. The maximum atomic E-state index is 13.1. The number of carboxylic acids is 1. The number of halogens is 1. The number of hydrogen-bond donors (Lipinski definition) is 1. The molecule has 0 radical (unpaired) electrons. The summed E-state index contributed by atoms with van der Waals surface area (Å²) < 4.78 is 15.4. The van der Waals surface area contributed by atoms with E-state index >= 15 is 0 Å². The van der Waals surface area contributed by atoms with Crippen molar-refractivity contribution in [3.8, 4) is 0 Å². The Labute approximate surface area is 95.7 Å². The van der Waals surface area contributed by atoms with Gasteiger partial charge in [-0.2, -0.15) is 0 Å². The van der Waals surface area contributed by atoms with Gasteiger partial charge in [0, 0.05) is 7.05 Å². The zero-order chi connectivity index (χ0) is 12.7. The highest BCUT2D eigenvalue weighted by Gasteiger charge is 2.20. The predicted octanol–water partition coefficient (Wildman–Crippen LogP) is 1.12. The molecular weight excluding hydrogens is 227 g/mol. The molecule has 2 aromatic rings. The molecule has 1 unspecified atom stereocenters. The van der Waals surface area contributed by atoms with Gasteiger partial charge in [-0.1, -0.05) is 0 Å². The van der Waals surface area contributed by atoms with Crippen molar-refractivity contribution in [3.63, 3.8) is 0 Å². The van der Waals surface area contributed by atoms with Gasteiger partial charge in [-0.05, 0) is 25.1 Å². The summed E-state index contributed by atoms with van der Waals surface area (Å²) in [5, 5.41) is 8.94. The molecule has 17 heavy (non-hydrogen) atoms. The molecule has 0 spiro atoms. The van der Waals surface area contributed by atoms with E-state index in [2.05, 4.69) is 0 Å². The minimum Gasteiger partial charge on any atom is -0.480 e. The second-order valence-corrected chi connectivity index (χ2v) is 3.86. The Morgan fingerprint density at radius 3 is 2.65 bits per heavy atom. The van der Waals surface area contributed by atoms with Gasteiger partial charge in [0.05, 0.1) is 11.0 Å². The van der Waals surface area contributed by atoms with Crippen molar-refractivity contribution in [2.45, 2.75) is 13.0 Å². The van der Waals surface area contributed by atoms with Gasteiger partial charge in [-0.3, -0.25) is 9.13 Å². The van der Waals surface area contributed by atoms with Crippen LogP contribution in [0.4, 0.5) is 4.39 Å². The Kier molecular flexibility index (Phi) is 2.49. The number of aromatic nitrogens is 2. The number of fused-ring (bicyclic) bond motifs is 1. The van der Waals surface area contributed by atoms with Crippen LogP contribution in [0.1, 0.15) is 13.0 Å². The number of carboxylic acid groups (broad SMARTS) is 1. The maximum absolute atomic E-state index is 13.1. The van der Waals surface area contributed by atoms with Gasteiger partial charge < -0.3 is 5.11 Å². The monoisotopic (exact) mass is 238 g/mol. The number of nitrogens with zero attached hydrogens (tertiary/aromatic N) is 2. The molecule has 0 aliphatic carbocycles. The van der Waals surface area contributed by atoms with E-state index in [1.807, 2.05) is 0 Å². The standard InChI is InChI=1S/C11H11FN2O3/c1-6(10(15)16)14-8-4-3-7(12)5-9(8)13(2)11(14)17/h3-6H,1-2H3,(H,15,16). The Balaban J connectivity index is 2.85. The molecular formula is C11H11FN2O3. The second-order valence-electron chi connectivity index (χ2n) is 3.86. The number of carbonyl (C=O) groups is 1. The zero-order valence-electron chi connectivity index (χ0n) is 9.35. The van der Waals surface area contributed by atoms with Crippen molar-refractivity contribution in [1.29, 1.82) is 0 Å². The molecule has 0 bridgehead atoms. The fourth-order valence-electron chi connectivity index (χ4n) is 1.82. The summed E-state index contributed by atoms with van der Waals surface area (Å²) in [5.74, 6) is -1.57. The third-order valence-corrected chi connectivity index (χ3v) is 2.80. The van der Waals surface area contributed by atoms with Gasteiger partial charge in [-0.15, -0.1) is 0 Å². The molecule has 5 nitrogen and oxygen atoms in total. The summed E-state index contributed by atoms with van der Waals surface area (Å²) in [6.45, 7) is 1.41. The van der Waals surface area contributed by atoms with Crippen LogP contribution < -0.4 is 5.69 Å². The first-order valence-corrected chi connectivity index (χ1v) is 5.02. The van der Waals surface area contributed by atoms with Crippen molar-refractivity contribution in [3.05, 3.63) is 34.5 Å². The van der Waals surface area contributed by atoms with Gasteiger partial charge in [0.2, 0.25) is 0 Å². The lowest BCUT2D eigenvalue weighted by Crippen LogP contribution is -2.28. The fourth-order valence-corrected chi connectivity index (χ4v) is 1.82. The third-order valence-electron chi connectivity index (χ3n) is 2.80. The molecule has 1 aromatic carbocycles. The van der Waals surface area contributed by atoms with E-state index in [9.17, 15) is 14.0 Å². The minimum absolute atomic E-state index is 0.378. The van der Waals surface area contributed by atoms with Gasteiger partial charge in [0.25, 0.3) is 0 Å². The van der Waals surface area contributed by atoms with Crippen LogP contribution in [0.3, 0.4) is 0 Å². The van der Waals surface area contributed by atoms with Crippen molar-refractivity contribution in [2.75, 3.05) is 0 Å². The van der Waals surface area contributed by atoms with Gasteiger partial charge in [-0.25, -0.2) is 14.0 Å². The Hall–Kier alpha value is -2.11. The molecule has 0 saturated heterocycles. The summed E-state index contributed by atoms with van der Waals surface area (Å²) >= 11 is 0. The SMILES string of the molecule is CC(C(=O)O)n1c(=O)n(C)c2cc(F)ccc21. The minimum atomic E-state index is -1.11. The summed E-state index contributed by atoms with van der Waals surface area (Å²) in [7, 11) is 1.48. The van der Waals surface area contributed by atoms with Crippen LogP contribution >= 0.6 is 0 Å². The van der Waals surface area contributed by atoms with E-state index in [1.54, 1.807) is 0 Å². The lowest BCUT2D eigenvalue weighted by Gasteiger charge is -2.07. The van der Waals surface area contributed by atoms with Crippen molar-refractivity contribution < 1.29 is 14.3 Å². The van der Waals surface area contributed by atoms with Crippen molar-refractivity contribution in [1.82, 2.24) is 9.13 Å². The number of rotatable bonds is 2. The van der Waals surface area contributed by atoms with Crippen LogP contribution in [-0.4, -0.2) is 20.2 Å². The molecule has 0 aliphatic rings. The van der Waals surface area contributed by atoms with E-state index in [0.29, 0.717) is 11.0 Å². The third kappa shape index (κ3) is 1.61. The number of aliphatic carboxylic acids is 1. The number of hydrogen-bond acceptors (Lipinski definition) is 2. The normalized spacial score (nSPS) is 12.9. The summed E-state index contributed by atoms with van der Waals surface area (Å²) in [5.41, 5.74) is 0.317. The summed E-state index contributed by atoms with van der Waals surface area (Å²) in [6.07, 6.45) is 0. The van der Waals surface area contributed by atoms with Crippen molar-refractivity contribution in [2.24, 2.45) is 7.05 Å². The number of aryl methyl sites for hydroxylation is 1. The number of benzene rings is 1. The van der Waals surface area contributed by atoms with E-state index in [0.717, 1.165) is 4.57 Å². The lowest BCUT2D eigenvalue weighted by molar-refractivity contribution is -0.140. The van der Waals surface area contributed by atoms with E-state index in [-0.39, 0.29) is 0 Å². The van der Waals surface area contributed by atoms with Gasteiger partial charge in [0.15, 0.2) is 0 Å². The van der Waals surface area contributed by atoms with Crippen LogP contribution in [0.5, 0.6) is 0 Å². The van der Waals surface area contributed by atoms with E-state index in [1.165, 1.54) is 36.7 Å². The first-order valence-electron chi connectivity index (χ1n) is 5.02. The molecule has 1 N–H and O–H groups in total. The van der Waals surface area contributed by atoms with Crippen LogP contribution in [0.25, 0.3) is 11.0 Å². The quantitative estimate of drug-likeness (QED) is 0.852. The zero-order valence-corrected chi connectivity index (χ0v) is 9.35. The van der Waals surface area contributed by atoms with Crippen LogP contribution in [-0.2, 0) is 11.8 Å². The average Bonchev–Trinajstić information content (AvgIpc) is 2.51. The lowest BCUT2D eigenvalue weighted by atomic mass is 10.2. The van der Waals surface area contributed by atoms with Gasteiger partial charge in [0.1, 0.15) is 11.9 Å². The van der Waals surface area contributed by atoms with Crippen LogP contribution in [0.15, 0.2) is 23.0 Å². The van der Waals surface area contributed by atoms with E-state index in [4.69, 9.17) is 5.11 Å². The fraction of sp³-hybridized carbons (Fsp3) is 0.273. The van der Waals surface area contributed by atoms with Gasteiger partial charge >= 0.3 is 11.7 Å². The average molecular weight is 238 g/mol. The first-order chi connectivity index (χ1) is 7.93. The molecule has 2 rings (SSSR count). The molecule has 0 saturated carbocycles. The van der Waals surface area contributed by atoms with Crippen LogP contribution in [0.2, 0.25) is 0 Å². The van der Waals surface area contributed by atoms with Crippen molar-refractivity contribution >= 4 is 17.0 Å². The highest BCUT2D eigenvalue weighted by atomic mass is 19.1. The molecule has 1 atom stereocenters. The Morgan fingerprint density at radius 1 is 1.41 bits per heavy atom. The maximum Gasteiger partial charge on any atom is 0.329 e. The second kappa shape index (κ2) is 3.73. The Bertz CT molecular complexity index is 657. The highest BCUT2D eigenvalue weighted by molar-refractivity contribution is 5.80. The Morgan fingerprint density at radius 2 is 2.06 bits per heavy atom. The molecule has 1 heterocycles. The molecule has 0 aliphatic heterocycles. The van der Waals surface area contributed by atoms with E-state index < -0.39 is 23.5 Å². The highest BCUT2D eigenvalue weighted by Crippen LogP contribution is 2.17. The largest absolute Gasteiger partial charge is 0.480 e.